The Bertz CT molecular complexity index is 1640. The molecule has 6 rings (SSSR count). The molecule has 0 radical (unpaired) electrons. The van der Waals surface area contributed by atoms with E-state index in [0.717, 1.165) is 18.4 Å². The van der Waals surface area contributed by atoms with Crippen molar-refractivity contribution in [1.29, 1.82) is 0 Å². The fourth-order valence-corrected chi connectivity index (χ4v) is 6.69. The van der Waals surface area contributed by atoms with Gasteiger partial charge in [-0.1, -0.05) is 13.8 Å². The molecule has 0 bridgehead atoms. The first kappa shape index (κ1) is 25.9. The second-order valence-electron chi connectivity index (χ2n) is 10.7. The van der Waals surface area contributed by atoms with Crippen molar-refractivity contribution in [3.05, 3.63) is 41.2 Å². The predicted molar refractivity (Wildman–Crippen MR) is 139 cm³/mol. The number of hydrogen-bond donors (Lipinski definition) is 2. The molecule has 208 valence electrons. The molecule has 1 fully saturated rings. The summed E-state index contributed by atoms with van der Waals surface area (Å²) in [6.07, 6.45) is 2.55. The van der Waals surface area contributed by atoms with Crippen molar-refractivity contribution in [2.24, 2.45) is 13.0 Å². The zero-order valence-corrected chi connectivity index (χ0v) is 22.7. The van der Waals surface area contributed by atoms with Gasteiger partial charge >= 0.3 is 0 Å². The molecule has 2 N–H and O–H groups in total. The number of oxazole rings is 1. The lowest BCUT2D eigenvalue weighted by molar-refractivity contribution is 0.145. The van der Waals surface area contributed by atoms with Crippen LogP contribution < -0.4 is 10.0 Å². The van der Waals surface area contributed by atoms with Crippen LogP contribution in [0.1, 0.15) is 74.2 Å². The number of nitrogens with one attached hydrogen (secondary N) is 2. The lowest BCUT2D eigenvalue weighted by atomic mass is 9.87. The molecular formula is C25H30F2N8O3S. The number of sulfonamides is 1. The maximum Gasteiger partial charge on any atom is 0.282 e. The van der Waals surface area contributed by atoms with Crippen molar-refractivity contribution >= 4 is 32.9 Å². The van der Waals surface area contributed by atoms with Gasteiger partial charge in [0.15, 0.2) is 11.5 Å². The Kier molecular flexibility index (Phi) is 6.41. The van der Waals surface area contributed by atoms with Gasteiger partial charge in [-0.25, -0.2) is 26.9 Å². The molecular weight excluding hydrogens is 530 g/mol. The summed E-state index contributed by atoms with van der Waals surface area (Å²) in [4.78, 5) is 4.84. The first-order valence-electron chi connectivity index (χ1n) is 13.0. The van der Waals surface area contributed by atoms with Crippen LogP contribution in [0.15, 0.2) is 27.8 Å². The maximum absolute atomic E-state index is 13.7. The highest BCUT2D eigenvalue weighted by molar-refractivity contribution is 7.89. The Morgan fingerprint density at radius 2 is 2.00 bits per heavy atom. The van der Waals surface area contributed by atoms with Crippen LogP contribution in [0.5, 0.6) is 0 Å². The van der Waals surface area contributed by atoms with Crippen molar-refractivity contribution in [3.63, 3.8) is 0 Å². The highest BCUT2D eigenvalue weighted by Crippen LogP contribution is 2.43. The van der Waals surface area contributed by atoms with E-state index in [0.29, 0.717) is 60.1 Å². The lowest BCUT2D eigenvalue weighted by Gasteiger charge is -2.28. The van der Waals surface area contributed by atoms with Crippen LogP contribution in [0.4, 0.5) is 20.5 Å². The third-order valence-corrected chi connectivity index (χ3v) is 8.77. The van der Waals surface area contributed by atoms with Crippen LogP contribution in [-0.4, -0.2) is 44.5 Å². The minimum Gasteiger partial charge on any atom is -0.440 e. The highest BCUT2D eigenvalue weighted by atomic mass is 32.2. The third-order valence-electron chi connectivity index (χ3n) is 7.24. The van der Waals surface area contributed by atoms with Gasteiger partial charge in [0.2, 0.25) is 16.0 Å². The van der Waals surface area contributed by atoms with E-state index < -0.39 is 16.4 Å². The molecule has 2 aliphatic rings. The zero-order chi connectivity index (χ0) is 27.5. The normalized spacial score (nSPS) is 17.9. The summed E-state index contributed by atoms with van der Waals surface area (Å²) in [5, 5.41) is 15.1. The van der Waals surface area contributed by atoms with Crippen molar-refractivity contribution < 1.29 is 21.6 Å². The van der Waals surface area contributed by atoms with E-state index in [1.807, 2.05) is 24.5 Å². The summed E-state index contributed by atoms with van der Waals surface area (Å²) in [7, 11) is -2.33. The number of nitrogens with zero attached hydrogens (tertiary/aromatic N) is 6. The third kappa shape index (κ3) is 4.91. The molecule has 3 heterocycles. The van der Waals surface area contributed by atoms with E-state index >= 15 is 0 Å². The van der Waals surface area contributed by atoms with Gasteiger partial charge in [0.25, 0.3) is 6.43 Å². The van der Waals surface area contributed by atoms with Crippen molar-refractivity contribution in [2.75, 3.05) is 11.9 Å². The second kappa shape index (κ2) is 9.66. The van der Waals surface area contributed by atoms with Crippen LogP contribution in [-0.2, 0) is 29.9 Å². The quantitative estimate of drug-likeness (QED) is 0.308. The van der Waals surface area contributed by atoms with Gasteiger partial charge in [-0.3, -0.25) is 9.25 Å². The van der Waals surface area contributed by atoms with Crippen molar-refractivity contribution in [3.8, 4) is 0 Å². The number of aryl methyl sites for hydroxylation is 2. The first-order valence-corrected chi connectivity index (χ1v) is 14.5. The fourth-order valence-electron chi connectivity index (χ4n) is 5.06. The number of aromatic nitrogens is 6. The molecule has 0 saturated heterocycles. The number of halogens is 2. The molecule has 0 amide bonds. The Balaban J connectivity index is 1.38. The molecule has 0 spiro atoms. The number of hydrogen-bond acceptors (Lipinski definition) is 8. The minimum absolute atomic E-state index is 0.130. The maximum atomic E-state index is 13.7. The number of rotatable bonds is 9. The summed E-state index contributed by atoms with van der Waals surface area (Å²) in [6.45, 7) is 4.20. The summed E-state index contributed by atoms with van der Waals surface area (Å²) in [5.74, 6) is 1.66. The second-order valence-corrected chi connectivity index (χ2v) is 12.4. The fraction of sp³-hybridized carbons (Fsp3) is 0.520. The molecule has 3 aromatic heterocycles. The SMILES string of the molecule is CC(C)CNS(=O)(=O)c1c2c(cc3oc(C4CC4)nc13)CCC(n1cnnc1Nc1cc(C(F)F)nn1C)C2. The minimum atomic E-state index is -3.89. The van der Waals surface area contributed by atoms with E-state index in [1.165, 1.54) is 10.7 Å². The Morgan fingerprint density at radius 1 is 1.21 bits per heavy atom. The molecule has 2 aliphatic carbocycles. The van der Waals surface area contributed by atoms with Crippen molar-refractivity contribution in [2.45, 2.75) is 69.2 Å². The topological polar surface area (TPSA) is 133 Å². The van der Waals surface area contributed by atoms with Gasteiger partial charge in [-0.15, -0.1) is 10.2 Å². The van der Waals surface area contributed by atoms with E-state index in [-0.39, 0.29) is 28.5 Å². The Morgan fingerprint density at radius 3 is 2.69 bits per heavy atom. The molecule has 14 heteroatoms. The molecule has 0 aliphatic heterocycles. The van der Waals surface area contributed by atoms with E-state index in [1.54, 1.807) is 13.4 Å². The van der Waals surface area contributed by atoms with Crippen LogP contribution >= 0.6 is 0 Å². The average molecular weight is 561 g/mol. The molecule has 1 saturated carbocycles. The van der Waals surface area contributed by atoms with Gasteiger partial charge in [-0.05, 0) is 55.2 Å². The summed E-state index contributed by atoms with van der Waals surface area (Å²) in [5.41, 5.74) is 2.13. The summed E-state index contributed by atoms with van der Waals surface area (Å²) in [6, 6.07) is 3.02. The number of alkyl halides is 2. The smallest absolute Gasteiger partial charge is 0.282 e. The largest absolute Gasteiger partial charge is 0.440 e. The standard InChI is InChI=1S/C25H30F2N8O3S/c1-13(2)11-29-39(36,37)22-17-9-16(7-6-15(17)8-19-21(22)31-24(38-19)14-4-5-14)35-12-28-32-25(35)30-20-10-18(23(26)27)33-34(20)3/h8,10,12-14,16,23,29H,4-7,9,11H2,1-3H3,(H,30,32). The van der Waals surface area contributed by atoms with Gasteiger partial charge in [0.1, 0.15) is 28.3 Å². The molecule has 1 aromatic carbocycles. The highest BCUT2D eigenvalue weighted by Gasteiger charge is 2.35. The van der Waals surface area contributed by atoms with E-state index in [2.05, 4.69) is 30.3 Å². The van der Waals surface area contributed by atoms with E-state index in [4.69, 9.17) is 4.42 Å². The summed E-state index contributed by atoms with van der Waals surface area (Å²) < 4.78 is 65.6. The number of benzene rings is 1. The van der Waals surface area contributed by atoms with Gasteiger partial charge in [-0.2, -0.15) is 5.10 Å². The van der Waals surface area contributed by atoms with Gasteiger partial charge in [0.05, 0.1) is 0 Å². The molecule has 1 unspecified atom stereocenters. The first-order chi connectivity index (χ1) is 18.6. The molecule has 39 heavy (non-hydrogen) atoms. The van der Waals surface area contributed by atoms with E-state index in [9.17, 15) is 17.2 Å². The number of fused-ring (bicyclic) bond motifs is 2. The molecule has 4 aromatic rings. The van der Waals surface area contributed by atoms with Crippen LogP contribution in [0, 0.1) is 5.92 Å². The monoisotopic (exact) mass is 560 g/mol. The lowest BCUT2D eigenvalue weighted by Crippen LogP contribution is -2.30. The van der Waals surface area contributed by atoms with Gasteiger partial charge in [0, 0.05) is 31.6 Å². The predicted octanol–water partition coefficient (Wildman–Crippen LogP) is 4.38. The Hall–Kier alpha value is -3.39. The average Bonchev–Trinajstić information content (AvgIpc) is 3.30. The molecule has 1 atom stereocenters. The van der Waals surface area contributed by atoms with Crippen LogP contribution in [0.3, 0.4) is 0 Å². The van der Waals surface area contributed by atoms with Crippen LogP contribution in [0.2, 0.25) is 0 Å². The molecule has 11 nitrogen and oxygen atoms in total. The van der Waals surface area contributed by atoms with Crippen molar-refractivity contribution in [1.82, 2.24) is 34.3 Å². The van der Waals surface area contributed by atoms with Gasteiger partial charge < -0.3 is 9.73 Å². The number of anilines is 2. The Labute approximate surface area is 224 Å². The summed E-state index contributed by atoms with van der Waals surface area (Å²) >= 11 is 0. The van der Waals surface area contributed by atoms with Crippen LogP contribution in [0.25, 0.3) is 11.1 Å². The zero-order valence-electron chi connectivity index (χ0n) is 21.9.